The summed E-state index contributed by atoms with van der Waals surface area (Å²) >= 11 is 0. The summed E-state index contributed by atoms with van der Waals surface area (Å²) in [6.45, 7) is 8.27. The van der Waals surface area contributed by atoms with Gasteiger partial charge in [-0.3, -0.25) is 9.69 Å². The Balaban J connectivity index is 1.73. The number of furan rings is 1. The van der Waals surface area contributed by atoms with Crippen molar-refractivity contribution >= 4 is 5.91 Å². The Hall–Kier alpha value is -3.05. The second-order valence-corrected chi connectivity index (χ2v) is 8.25. The minimum absolute atomic E-state index is 0.0868. The van der Waals surface area contributed by atoms with Crippen LogP contribution in [0, 0.1) is 5.92 Å². The summed E-state index contributed by atoms with van der Waals surface area (Å²) in [4.78, 5) is 14.8. The van der Waals surface area contributed by atoms with Crippen molar-refractivity contribution in [1.82, 2.24) is 10.2 Å². The van der Waals surface area contributed by atoms with Gasteiger partial charge in [-0.25, -0.2) is 0 Å². The highest BCUT2D eigenvalue weighted by molar-refractivity contribution is 5.91. The predicted octanol–water partition coefficient (Wildman–Crippen LogP) is 5.26. The van der Waals surface area contributed by atoms with Crippen LogP contribution in [0.1, 0.15) is 48.2 Å². The number of hydrogen-bond acceptors (Lipinski definition) is 4. The number of amides is 1. The maximum absolute atomic E-state index is 12.5. The standard InChI is InChI=1S/C26H32N2O3/c1-19(2)20(3)27-26(29)25-14-13-24(31-25)18-28(16-21-9-6-5-7-10-21)17-22-11-8-12-23(15-22)30-4/h5-15,19-20H,16-18H2,1-4H3,(H,27,29)/t20-/m0/s1. The maximum atomic E-state index is 12.5. The van der Waals surface area contributed by atoms with Crippen LogP contribution in [-0.2, 0) is 19.6 Å². The summed E-state index contributed by atoms with van der Waals surface area (Å²) in [5, 5.41) is 2.99. The minimum atomic E-state index is -0.171. The van der Waals surface area contributed by atoms with E-state index in [4.69, 9.17) is 9.15 Å². The molecule has 164 valence electrons. The molecule has 2 aromatic carbocycles. The maximum Gasteiger partial charge on any atom is 0.287 e. The van der Waals surface area contributed by atoms with E-state index in [1.807, 2.05) is 49.4 Å². The van der Waals surface area contributed by atoms with Crippen molar-refractivity contribution < 1.29 is 13.9 Å². The molecule has 0 fully saturated rings. The molecule has 0 saturated heterocycles. The van der Waals surface area contributed by atoms with E-state index in [1.54, 1.807) is 13.2 Å². The summed E-state index contributed by atoms with van der Waals surface area (Å²) in [5.74, 6) is 2.15. The first-order chi connectivity index (χ1) is 14.9. The number of rotatable bonds is 10. The molecular weight excluding hydrogens is 388 g/mol. The molecule has 0 spiro atoms. The van der Waals surface area contributed by atoms with Gasteiger partial charge in [0.2, 0.25) is 0 Å². The van der Waals surface area contributed by atoms with Gasteiger partial charge in [-0.15, -0.1) is 0 Å². The summed E-state index contributed by atoms with van der Waals surface area (Å²) in [7, 11) is 1.68. The number of nitrogens with zero attached hydrogens (tertiary/aromatic N) is 1. The predicted molar refractivity (Wildman–Crippen MR) is 123 cm³/mol. The third kappa shape index (κ3) is 6.72. The molecule has 3 rings (SSSR count). The van der Waals surface area contributed by atoms with Gasteiger partial charge in [0.1, 0.15) is 11.5 Å². The third-order valence-corrected chi connectivity index (χ3v) is 5.41. The molecule has 0 aliphatic carbocycles. The Bertz CT molecular complexity index is 966. The van der Waals surface area contributed by atoms with Crippen LogP contribution < -0.4 is 10.1 Å². The lowest BCUT2D eigenvalue weighted by molar-refractivity contribution is 0.0898. The van der Waals surface area contributed by atoms with Gasteiger partial charge in [-0.1, -0.05) is 56.3 Å². The molecule has 1 amide bonds. The van der Waals surface area contributed by atoms with Crippen LogP contribution in [0.25, 0.3) is 0 Å². The first kappa shape index (κ1) is 22.6. The van der Waals surface area contributed by atoms with E-state index in [0.717, 1.165) is 30.2 Å². The van der Waals surface area contributed by atoms with Crippen LogP contribution >= 0.6 is 0 Å². The summed E-state index contributed by atoms with van der Waals surface area (Å²) in [6, 6.07) is 22.2. The van der Waals surface area contributed by atoms with E-state index in [-0.39, 0.29) is 11.9 Å². The smallest absolute Gasteiger partial charge is 0.287 e. The topological polar surface area (TPSA) is 54.7 Å². The molecule has 3 aromatic rings. The Morgan fingerprint density at radius 2 is 1.65 bits per heavy atom. The largest absolute Gasteiger partial charge is 0.497 e. The molecular formula is C26H32N2O3. The van der Waals surface area contributed by atoms with Gasteiger partial charge < -0.3 is 14.5 Å². The van der Waals surface area contributed by atoms with Gasteiger partial charge in [-0.05, 0) is 48.2 Å². The molecule has 31 heavy (non-hydrogen) atoms. The summed E-state index contributed by atoms with van der Waals surface area (Å²) < 4.78 is 11.3. The fourth-order valence-corrected chi connectivity index (χ4v) is 3.29. The Morgan fingerprint density at radius 1 is 0.935 bits per heavy atom. The van der Waals surface area contributed by atoms with Gasteiger partial charge in [0.25, 0.3) is 5.91 Å². The van der Waals surface area contributed by atoms with E-state index < -0.39 is 0 Å². The molecule has 0 aliphatic rings. The highest BCUT2D eigenvalue weighted by Crippen LogP contribution is 2.19. The summed E-state index contributed by atoms with van der Waals surface area (Å²) in [6.07, 6.45) is 0. The third-order valence-electron chi connectivity index (χ3n) is 5.41. The van der Waals surface area contributed by atoms with Crippen molar-refractivity contribution in [3.63, 3.8) is 0 Å². The van der Waals surface area contributed by atoms with Gasteiger partial charge in [0.05, 0.1) is 13.7 Å². The fraction of sp³-hybridized carbons (Fsp3) is 0.346. The zero-order valence-corrected chi connectivity index (χ0v) is 18.8. The number of carbonyl (C=O) groups is 1. The minimum Gasteiger partial charge on any atom is -0.497 e. The Kier molecular flexibility index (Phi) is 7.90. The lowest BCUT2D eigenvalue weighted by Gasteiger charge is -2.22. The van der Waals surface area contributed by atoms with Crippen molar-refractivity contribution in [3.8, 4) is 5.75 Å². The van der Waals surface area contributed by atoms with Crippen molar-refractivity contribution in [3.05, 3.63) is 89.4 Å². The van der Waals surface area contributed by atoms with Gasteiger partial charge in [0, 0.05) is 19.1 Å². The van der Waals surface area contributed by atoms with Crippen LogP contribution in [0.15, 0.2) is 71.1 Å². The number of hydrogen-bond donors (Lipinski definition) is 1. The van der Waals surface area contributed by atoms with E-state index in [1.165, 1.54) is 5.56 Å². The van der Waals surface area contributed by atoms with E-state index in [2.05, 4.69) is 42.3 Å². The van der Waals surface area contributed by atoms with Crippen LogP contribution in [0.3, 0.4) is 0 Å². The molecule has 0 bridgehead atoms. The highest BCUT2D eigenvalue weighted by Gasteiger charge is 2.17. The molecule has 1 heterocycles. The lowest BCUT2D eigenvalue weighted by atomic mass is 10.1. The second kappa shape index (κ2) is 10.8. The number of nitrogens with one attached hydrogen (secondary N) is 1. The Morgan fingerprint density at radius 3 is 2.35 bits per heavy atom. The number of ether oxygens (including phenoxy) is 1. The average Bonchev–Trinajstić information content (AvgIpc) is 3.23. The van der Waals surface area contributed by atoms with Crippen molar-refractivity contribution in [2.75, 3.05) is 7.11 Å². The second-order valence-electron chi connectivity index (χ2n) is 8.25. The fourth-order valence-electron chi connectivity index (χ4n) is 3.29. The normalized spacial score (nSPS) is 12.2. The van der Waals surface area contributed by atoms with E-state index >= 15 is 0 Å². The van der Waals surface area contributed by atoms with Crippen molar-refractivity contribution in [2.45, 2.75) is 46.4 Å². The van der Waals surface area contributed by atoms with Crippen LogP contribution in [0.4, 0.5) is 0 Å². The quantitative estimate of drug-likeness (QED) is 0.486. The van der Waals surface area contributed by atoms with Gasteiger partial charge in [0.15, 0.2) is 5.76 Å². The molecule has 1 aromatic heterocycles. The molecule has 5 heteroatoms. The molecule has 0 saturated carbocycles. The molecule has 0 radical (unpaired) electrons. The van der Waals surface area contributed by atoms with Crippen LogP contribution in [-0.4, -0.2) is 24.0 Å². The Labute approximate surface area is 185 Å². The van der Waals surface area contributed by atoms with Crippen LogP contribution in [0.5, 0.6) is 5.75 Å². The lowest BCUT2D eigenvalue weighted by Crippen LogP contribution is -2.35. The van der Waals surface area contributed by atoms with Crippen molar-refractivity contribution in [2.24, 2.45) is 5.92 Å². The average molecular weight is 421 g/mol. The molecule has 1 N–H and O–H groups in total. The van der Waals surface area contributed by atoms with Gasteiger partial charge in [-0.2, -0.15) is 0 Å². The van der Waals surface area contributed by atoms with Crippen molar-refractivity contribution in [1.29, 1.82) is 0 Å². The first-order valence-electron chi connectivity index (χ1n) is 10.7. The molecule has 0 aliphatic heterocycles. The number of benzene rings is 2. The zero-order chi connectivity index (χ0) is 22.2. The van der Waals surface area contributed by atoms with Gasteiger partial charge >= 0.3 is 0 Å². The first-order valence-corrected chi connectivity index (χ1v) is 10.7. The molecule has 1 atom stereocenters. The monoisotopic (exact) mass is 420 g/mol. The summed E-state index contributed by atoms with van der Waals surface area (Å²) in [5.41, 5.74) is 2.38. The zero-order valence-electron chi connectivity index (χ0n) is 18.8. The molecule has 0 unspecified atom stereocenters. The number of carbonyl (C=O) groups excluding carboxylic acids is 1. The van der Waals surface area contributed by atoms with E-state index in [0.29, 0.717) is 18.2 Å². The number of methoxy groups -OCH3 is 1. The van der Waals surface area contributed by atoms with E-state index in [9.17, 15) is 4.79 Å². The van der Waals surface area contributed by atoms with Crippen LogP contribution in [0.2, 0.25) is 0 Å². The SMILES string of the molecule is COc1cccc(CN(Cc2ccccc2)Cc2ccc(C(=O)N[C@@H](C)C(C)C)o2)c1. The molecule has 5 nitrogen and oxygen atoms in total. The highest BCUT2D eigenvalue weighted by atomic mass is 16.5.